The van der Waals surface area contributed by atoms with E-state index in [-0.39, 0.29) is 0 Å². The molecule has 2 spiro atoms. The van der Waals surface area contributed by atoms with Crippen molar-refractivity contribution in [2.24, 2.45) is 0 Å². The molecular weight excluding hydrogens is 1040 g/mol. The molecule has 0 bridgehead atoms. The first kappa shape index (κ1) is 43.8. The summed E-state index contributed by atoms with van der Waals surface area (Å²) in [6, 6.07) is 96.4. The lowest BCUT2D eigenvalue weighted by Gasteiger charge is -2.30. The Labute approximate surface area is 468 Å². The summed E-state index contributed by atoms with van der Waals surface area (Å²) in [4.78, 5) is 0. The van der Waals surface area contributed by atoms with Crippen LogP contribution in [0.15, 0.2) is 259 Å². The summed E-state index contributed by atoms with van der Waals surface area (Å²) < 4.78 is 12.7. The van der Waals surface area contributed by atoms with Gasteiger partial charge in [-0.25, -0.2) is 0 Å². The number of fused-ring (bicyclic) bond motifs is 24. The van der Waals surface area contributed by atoms with Crippen LogP contribution < -0.4 is 0 Å². The maximum atomic E-state index is 4.71. The monoisotopic (exact) mass is 1080 g/mol. The highest BCUT2D eigenvalue weighted by atomic mass is 79.9. The maximum absolute atomic E-state index is 4.71. The lowest BCUT2D eigenvalue weighted by molar-refractivity contribution is 0.794. The summed E-state index contributed by atoms with van der Waals surface area (Å²) in [5.74, 6) is 0. The van der Waals surface area contributed by atoms with E-state index in [1.807, 2.05) is 0 Å². The highest BCUT2D eigenvalue weighted by Crippen LogP contribution is 2.65. The highest BCUT2D eigenvalue weighted by Gasteiger charge is 2.53. The van der Waals surface area contributed by atoms with Crippen molar-refractivity contribution in [3.8, 4) is 83.6 Å². The van der Waals surface area contributed by atoms with Gasteiger partial charge in [0.15, 0.2) is 0 Å². The van der Waals surface area contributed by atoms with E-state index in [4.69, 9.17) is 4.37 Å². The zero-order valence-electron chi connectivity index (χ0n) is 42.4. The number of nitrogens with zero attached hydrogens (tertiary/aromatic N) is 3. The molecule has 0 fully saturated rings. The molecule has 0 aliphatic heterocycles. The minimum absolute atomic E-state index is 0.424. The lowest BCUT2D eigenvalue weighted by Crippen LogP contribution is -2.25. The van der Waals surface area contributed by atoms with Crippen LogP contribution in [0.2, 0.25) is 0 Å². The van der Waals surface area contributed by atoms with Crippen LogP contribution in [0.5, 0.6) is 0 Å². The van der Waals surface area contributed by atoms with Crippen molar-refractivity contribution in [2.45, 2.75) is 10.8 Å². The Kier molecular flexibility index (Phi) is 8.83. The fourth-order valence-corrected chi connectivity index (χ4v) is 16.2. The molecular formula is C74H42BrN3S. The van der Waals surface area contributed by atoms with Crippen LogP contribution in [-0.4, -0.2) is 13.3 Å². The van der Waals surface area contributed by atoms with E-state index in [0.717, 1.165) is 43.4 Å². The quantitative estimate of drug-likeness (QED) is 0.176. The van der Waals surface area contributed by atoms with E-state index >= 15 is 0 Å². The number of hydrogen-bond acceptors (Lipinski definition) is 3. The minimum atomic E-state index is -0.424. The fraction of sp³-hybridized carbons (Fsp3) is 0.0270. The standard InChI is InChI=1S/C74H42BrN3S/c75-68-36-35-49(71-72(68)77-79-76-71)43-25-31-48(32-26-43)78-69-37-29-44(46-27-33-56-54-17-5-11-23-64(54)73(66(56)41-46)60-19-7-1-13-50(60)51-14-2-8-20-61(51)73)39-58(69)59-40-45(30-38-70(59)78)47-28-34-57-55-18-6-12-24-65(55)74(67(57)42-47)62-21-9-3-15-52(62)53-16-4-10-22-63(53)74/h1-42H. The average Bonchev–Trinajstić information content (AvgIpc) is 2.86. The van der Waals surface area contributed by atoms with Gasteiger partial charge in [0.2, 0.25) is 0 Å². The van der Waals surface area contributed by atoms with Gasteiger partial charge < -0.3 is 4.57 Å². The van der Waals surface area contributed by atoms with Crippen LogP contribution in [0.4, 0.5) is 0 Å². The first-order valence-electron chi connectivity index (χ1n) is 27.1. The zero-order chi connectivity index (χ0) is 51.7. The van der Waals surface area contributed by atoms with Crippen molar-refractivity contribution in [3.63, 3.8) is 0 Å². The second-order valence-electron chi connectivity index (χ2n) is 21.7. The van der Waals surface area contributed by atoms with Crippen LogP contribution in [-0.2, 0) is 10.8 Å². The van der Waals surface area contributed by atoms with Gasteiger partial charge in [-0.15, -0.1) is 0 Å². The predicted octanol–water partition coefficient (Wildman–Crippen LogP) is 19.2. The van der Waals surface area contributed by atoms with Crippen molar-refractivity contribution in [1.29, 1.82) is 0 Å². The summed E-state index contributed by atoms with van der Waals surface area (Å²) in [6.45, 7) is 0. The van der Waals surface area contributed by atoms with E-state index in [1.54, 1.807) is 0 Å². The molecule has 12 aromatic carbocycles. The third-order valence-corrected chi connectivity index (χ3v) is 19.4. The fourth-order valence-electron chi connectivity index (χ4n) is 15.1. The van der Waals surface area contributed by atoms with Gasteiger partial charge in [-0.05, 0) is 187 Å². The molecule has 5 heteroatoms. The lowest BCUT2D eigenvalue weighted by atomic mass is 9.70. The maximum Gasteiger partial charge on any atom is 0.119 e. The molecule has 18 rings (SSSR count). The number of rotatable bonds is 4. The smallest absolute Gasteiger partial charge is 0.119 e. The Balaban J connectivity index is 0.841. The summed E-state index contributed by atoms with van der Waals surface area (Å²) in [5.41, 5.74) is 32.6. The van der Waals surface area contributed by atoms with Crippen molar-refractivity contribution in [2.75, 3.05) is 0 Å². The molecule has 4 aliphatic rings. The third-order valence-electron chi connectivity index (χ3n) is 18.2. The molecule has 0 atom stereocenters. The SMILES string of the molecule is Brc1ccc(-c2ccc(-n3c4ccc(-c5ccc6c(c5)C5(c7ccccc7-c7ccccc75)c5ccccc5-6)cc4c4cc(-c5ccc6c(c5)C5(c7ccccc7-c7ccccc75)c5ccccc5-6)ccc43)cc2)c2nsnc12. The van der Waals surface area contributed by atoms with Crippen LogP contribution in [0.25, 0.3) is 116 Å². The molecule has 2 aromatic heterocycles. The second kappa shape index (κ2) is 15.9. The Morgan fingerprint density at radius 2 is 0.620 bits per heavy atom. The minimum Gasteiger partial charge on any atom is -0.309 e. The first-order valence-corrected chi connectivity index (χ1v) is 28.6. The Morgan fingerprint density at radius 1 is 0.291 bits per heavy atom. The second-order valence-corrected chi connectivity index (χ2v) is 23.1. The summed E-state index contributed by atoms with van der Waals surface area (Å²) >= 11 is 4.95. The highest BCUT2D eigenvalue weighted by molar-refractivity contribution is 9.10. The molecule has 0 N–H and O–H groups in total. The van der Waals surface area contributed by atoms with Gasteiger partial charge >= 0.3 is 0 Å². The molecule has 2 heterocycles. The number of benzene rings is 12. The molecule has 0 amide bonds. The van der Waals surface area contributed by atoms with Crippen molar-refractivity contribution in [3.05, 3.63) is 304 Å². The number of hydrogen-bond donors (Lipinski definition) is 0. The normalized spacial score (nSPS) is 14.1. The van der Waals surface area contributed by atoms with Gasteiger partial charge in [-0.3, -0.25) is 0 Å². The number of aromatic nitrogens is 3. The number of halogens is 1. The third kappa shape index (κ3) is 5.60. The van der Waals surface area contributed by atoms with Gasteiger partial charge in [0.25, 0.3) is 0 Å². The Morgan fingerprint density at radius 3 is 1.04 bits per heavy atom. The van der Waals surface area contributed by atoms with Gasteiger partial charge in [0.1, 0.15) is 11.0 Å². The van der Waals surface area contributed by atoms with E-state index in [9.17, 15) is 0 Å². The van der Waals surface area contributed by atoms with Gasteiger partial charge in [0, 0.05) is 26.5 Å². The largest absolute Gasteiger partial charge is 0.309 e. The van der Waals surface area contributed by atoms with Crippen molar-refractivity contribution >= 4 is 60.5 Å². The van der Waals surface area contributed by atoms with E-state index in [2.05, 4.69) is 280 Å². The van der Waals surface area contributed by atoms with Crippen molar-refractivity contribution < 1.29 is 0 Å². The summed E-state index contributed by atoms with van der Waals surface area (Å²) in [5, 5.41) is 2.42. The van der Waals surface area contributed by atoms with Gasteiger partial charge in [-0.2, -0.15) is 8.75 Å². The molecule has 4 aliphatic carbocycles. The van der Waals surface area contributed by atoms with Crippen LogP contribution in [0.1, 0.15) is 44.5 Å². The van der Waals surface area contributed by atoms with E-state index < -0.39 is 10.8 Å². The molecule has 3 nitrogen and oxygen atoms in total. The Hall–Kier alpha value is -9.26. The van der Waals surface area contributed by atoms with E-state index in [0.29, 0.717) is 0 Å². The van der Waals surface area contributed by atoms with Gasteiger partial charge in [0.05, 0.1) is 33.6 Å². The molecule has 366 valence electrons. The molecule has 79 heavy (non-hydrogen) atoms. The molecule has 0 saturated carbocycles. The molecule has 0 saturated heterocycles. The van der Waals surface area contributed by atoms with Gasteiger partial charge in [-0.1, -0.05) is 200 Å². The molecule has 0 radical (unpaired) electrons. The summed E-state index contributed by atoms with van der Waals surface area (Å²) in [7, 11) is 0. The predicted molar refractivity (Wildman–Crippen MR) is 328 cm³/mol. The molecule has 14 aromatic rings. The zero-order valence-corrected chi connectivity index (χ0v) is 44.8. The van der Waals surface area contributed by atoms with Crippen LogP contribution in [0.3, 0.4) is 0 Å². The first-order chi connectivity index (χ1) is 39.1. The van der Waals surface area contributed by atoms with E-state index in [1.165, 1.54) is 134 Å². The van der Waals surface area contributed by atoms with Crippen LogP contribution >= 0.6 is 27.7 Å². The Bertz CT molecular complexity index is 4620. The van der Waals surface area contributed by atoms with Crippen molar-refractivity contribution in [1.82, 2.24) is 13.3 Å². The topological polar surface area (TPSA) is 30.7 Å². The molecule has 0 unspecified atom stereocenters. The average molecular weight is 1090 g/mol. The summed E-state index contributed by atoms with van der Waals surface area (Å²) in [6.07, 6.45) is 0. The van der Waals surface area contributed by atoms with Crippen LogP contribution in [0, 0.1) is 0 Å².